The molecule has 8 heteroatoms. The number of phenols is 1. The first-order valence-corrected chi connectivity index (χ1v) is 11.0. The highest BCUT2D eigenvalue weighted by Crippen LogP contribution is 2.34. The zero-order chi connectivity index (χ0) is 24.5. The van der Waals surface area contributed by atoms with Crippen LogP contribution in [0.25, 0.3) is 22.2 Å². The SMILES string of the molecule is Cc1cc(C)c(-c2cc(C(=O)Nc3c(C(=O)Nc4ccccc4)oc4ccccc34)[nH]n2)c(O)c1. The zero-order valence-corrected chi connectivity index (χ0v) is 19.0. The van der Waals surface area contributed by atoms with Crippen LogP contribution in [0, 0.1) is 13.8 Å². The molecule has 2 amide bonds. The third-order valence-electron chi connectivity index (χ3n) is 5.61. The molecule has 0 atom stereocenters. The Morgan fingerprint density at radius 1 is 0.914 bits per heavy atom. The maximum absolute atomic E-state index is 13.1. The van der Waals surface area contributed by atoms with Gasteiger partial charge in [0.05, 0.1) is 5.69 Å². The van der Waals surface area contributed by atoms with Crippen molar-refractivity contribution < 1.29 is 19.1 Å². The van der Waals surface area contributed by atoms with Crippen LogP contribution in [-0.4, -0.2) is 27.1 Å². The number of aromatic amines is 1. The molecule has 0 aliphatic heterocycles. The molecule has 5 rings (SSSR count). The molecule has 0 unspecified atom stereocenters. The standard InChI is InChI=1S/C27H22N4O4/c1-15-12-16(2)23(21(32)13-15)19-14-20(31-30-19)26(33)29-24-18-10-6-7-11-22(18)35-25(24)27(34)28-17-8-4-3-5-9-17/h3-14,32H,1-2H3,(H,28,34)(H,29,33)(H,30,31). The van der Waals surface area contributed by atoms with Crippen molar-refractivity contribution in [2.45, 2.75) is 13.8 Å². The molecule has 174 valence electrons. The average Bonchev–Trinajstić information content (AvgIpc) is 3.45. The number of H-pyrrole nitrogens is 1. The minimum atomic E-state index is -0.506. The first-order valence-electron chi connectivity index (χ1n) is 11.0. The van der Waals surface area contributed by atoms with Crippen molar-refractivity contribution in [3.05, 3.63) is 95.4 Å². The van der Waals surface area contributed by atoms with Gasteiger partial charge in [-0.25, -0.2) is 0 Å². The topological polar surface area (TPSA) is 120 Å². The minimum Gasteiger partial charge on any atom is -0.507 e. The summed E-state index contributed by atoms with van der Waals surface area (Å²) in [6.07, 6.45) is 0. The second-order valence-electron chi connectivity index (χ2n) is 8.22. The summed E-state index contributed by atoms with van der Waals surface area (Å²) in [4.78, 5) is 26.1. The Balaban J connectivity index is 1.47. The molecule has 0 aliphatic rings. The summed E-state index contributed by atoms with van der Waals surface area (Å²) < 4.78 is 5.80. The van der Waals surface area contributed by atoms with Gasteiger partial charge in [0.2, 0.25) is 5.76 Å². The number of phenolic OH excluding ortho intramolecular Hbond substituents is 1. The fourth-order valence-corrected chi connectivity index (χ4v) is 4.06. The number of fused-ring (bicyclic) bond motifs is 1. The molecular formula is C27H22N4O4. The number of aromatic hydroxyl groups is 1. The van der Waals surface area contributed by atoms with Gasteiger partial charge >= 0.3 is 0 Å². The van der Waals surface area contributed by atoms with Gasteiger partial charge in [-0.05, 0) is 61.4 Å². The third-order valence-corrected chi connectivity index (χ3v) is 5.61. The molecule has 2 heterocycles. The molecule has 0 aliphatic carbocycles. The minimum absolute atomic E-state index is 0.0184. The Morgan fingerprint density at radius 3 is 2.43 bits per heavy atom. The van der Waals surface area contributed by atoms with Crippen molar-refractivity contribution in [1.82, 2.24) is 10.2 Å². The lowest BCUT2D eigenvalue weighted by Crippen LogP contribution is -2.17. The predicted molar refractivity (Wildman–Crippen MR) is 134 cm³/mol. The Morgan fingerprint density at radius 2 is 1.66 bits per heavy atom. The molecule has 4 N–H and O–H groups in total. The van der Waals surface area contributed by atoms with E-state index in [2.05, 4.69) is 20.8 Å². The van der Waals surface area contributed by atoms with E-state index in [1.165, 1.54) is 0 Å². The number of carbonyl (C=O) groups is 2. The highest BCUT2D eigenvalue weighted by molar-refractivity contribution is 6.16. The molecule has 0 spiro atoms. The molecule has 35 heavy (non-hydrogen) atoms. The number of para-hydroxylation sites is 2. The van der Waals surface area contributed by atoms with Crippen molar-refractivity contribution in [2.24, 2.45) is 0 Å². The summed E-state index contributed by atoms with van der Waals surface area (Å²) in [7, 11) is 0. The second kappa shape index (κ2) is 8.83. The molecule has 0 radical (unpaired) electrons. The van der Waals surface area contributed by atoms with E-state index in [4.69, 9.17) is 4.42 Å². The van der Waals surface area contributed by atoms with E-state index in [9.17, 15) is 14.7 Å². The lowest BCUT2D eigenvalue weighted by molar-refractivity contribution is 0.0999. The number of anilines is 2. The largest absolute Gasteiger partial charge is 0.507 e. The van der Waals surface area contributed by atoms with Gasteiger partial charge in [-0.15, -0.1) is 0 Å². The smallest absolute Gasteiger partial charge is 0.293 e. The lowest BCUT2D eigenvalue weighted by atomic mass is 10.0. The summed E-state index contributed by atoms with van der Waals surface area (Å²) >= 11 is 0. The normalized spacial score (nSPS) is 10.9. The van der Waals surface area contributed by atoms with Gasteiger partial charge in [0.15, 0.2) is 0 Å². The van der Waals surface area contributed by atoms with Gasteiger partial charge < -0.3 is 20.2 Å². The van der Waals surface area contributed by atoms with Gasteiger partial charge in [-0.3, -0.25) is 14.7 Å². The monoisotopic (exact) mass is 466 g/mol. The Labute approximate surface area is 200 Å². The molecule has 0 saturated carbocycles. The highest BCUT2D eigenvalue weighted by atomic mass is 16.3. The van der Waals surface area contributed by atoms with Crippen LogP contribution in [0.4, 0.5) is 11.4 Å². The number of benzene rings is 3. The third kappa shape index (κ3) is 4.24. The highest BCUT2D eigenvalue weighted by Gasteiger charge is 2.24. The van der Waals surface area contributed by atoms with E-state index >= 15 is 0 Å². The number of rotatable bonds is 5. The quantitative estimate of drug-likeness (QED) is 0.267. The second-order valence-corrected chi connectivity index (χ2v) is 8.22. The van der Waals surface area contributed by atoms with E-state index in [0.29, 0.717) is 27.9 Å². The Bertz CT molecular complexity index is 1540. The van der Waals surface area contributed by atoms with Crippen molar-refractivity contribution in [3.63, 3.8) is 0 Å². The number of nitrogens with one attached hydrogen (secondary N) is 3. The van der Waals surface area contributed by atoms with Crippen LogP contribution in [-0.2, 0) is 0 Å². The van der Waals surface area contributed by atoms with E-state index in [0.717, 1.165) is 11.1 Å². The van der Waals surface area contributed by atoms with Gasteiger partial charge in [0.1, 0.15) is 22.7 Å². The van der Waals surface area contributed by atoms with Crippen LogP contribution in [0.1, 0.15) is 32.2 Å². The van der Waals surface area contributed by atoms with Crippen molar-refractivity contribution in [1.29, 1.82) is 0 Å². The van der Waals surface area contributed by atoms with Crippen molar-refractivity contribution in [2.75, 3.05) is 10.6 Å². The van der Waals surface area contributed by atoms with Crippen molar-refractivity contribution >= 4 is 34.2 Å². The van der Waals surface area contributed by atoms with E-state index in [1.54, 1.807) is 60.7 Å². The van der Waals surface area contributed by atoms with Crippen LogP contribution in [0.3, 0.4) is 0 Å². The maximum atomic E-state index is 13.1. The average molecular weight is 466 g/mol. The van der Waals surface area contributed by atoms with Crippen LogP contribution in [0.2, 0.25) is 0 Å². The predicted octanol–water partition coefficient (Wildman–Crippen LogP) is 5.65. The van der Waals surface area contributed by atoms with Gasteiger partial charge in [0.25, 0.3) is 11.8 Å². The summed E-state index contributed by atoms with van der Waals surface area (Å²) in [5, 5.41) is 23.5. The van der Waals surface area contributed by atoms with Crippen LogP contribution < -0.4 is 10.6 Å². The fourth-order valence-electron chi connectivity index (χ4n) is 4.06. The first-order chi connectivity index (χ1) is 16.9. The molecular weight excluding hydrogens is 444 g/mol. The number of hydrogen-bond acceptors (Lipinski definition) is 5. The maximum Gasteiger partial charge on any atom is 0.293 e. The number of carbonyl (C=O) groups excluding carboxylic acids is 2. The van der Waals surface area contributed by atoms with Crippen molar-refractivity contribution in [3.8, 4) is 17.0 Å². The molecule has 2 aromatic heterocycles. The fraction of sp³-hybridized carbons (Fsp3) is 0.0741. The molecule has 8 nitrogen and oxygen atoms in total. The molecule has 0 bridgehead atoms. The number of aryl methyl sites for hydroxylation is 2. The number of amides is 2. The van der Waals surface area contributed by atoms with E-state index in [1.807, 2.05) is 26.0 Å². The van der Waals surface area contributed by atoms with E-state index in [-0.39, 0.29) is 22.9 Å². The first kappa shape index (κ1) is 22.0. The number of furan rings is 1. The zero-order valence-electron chi connectivity index (χ0n) is 19.0. The number of aromatic nitrogens is 2. The van der Waals surface area contributed by atoms with E-state index < -0.39 is 11.8 Å². The molecule has 5 aromatic rings. The van der Waals surface area contributed by atoms with Gasteiger partial charge in [0, 0.05) is 16.6 Å². The summed E-state index contributed by atoms with van der Waals surface area (Å²) in [5.41, 5.74) is 4.22. The molecule has 3 aromatic carbocycles. The Kier molecular flexibility index (Phi) is 5.54. The van der Waals surface area contributed by atoms with Crippen LogP contribution in [0.5, 0.6) is 5.75 Å². The van der Waals surface area contributed by atoms with Crippen LogP contribution >= 0.6 is 0 Å². The number of nitrogens with zero attached hydrogens (tertiary/aromatic N) is 1. The summed E-state index contributed by atoms with van der Waals surface area (Å²) in [5.74, 6) is -0.932. The molecule has 0 saturated heterocycles. The summed E-state index contributed by atoms with van der Waals surface area (Å²) in [6, 6.07) is 21.2. The lowest BCUT2D eigenvalue weighted by Gasteiger charge is -2.07. The van der Waals surface area contributed by atoms with Gasteiger partial charge in [-0.2, -0.15) is 5.10 Å². The molecule has 0 fully saturated rings. The van der Waals surface area contributed by atoms with Gasteiger partial charge in [-0.1, -0.05) is 36.4 Å². The number of hydrogen-bond donors (Lipinski definition) is 4. The van der Waals surface area contributed by atoms with Crippen LogP contribution in [0.15, 0.2) is 77.2 Å². The summed E-state index contributed by atoms with van der Waals surface area (Å²) in [6.45, 7) is 3.76. The Hall–Kier alpha value is -4.85.